The molecule has 2 heteroatoms. The van der Waals surface area contributed by atoms with Crippen molar-refractivity contribution in [2.45, 2.75) is 45.6 Å². The van der Waals surface area contributed by atoms with Crippen LogP contribution in [0.1, 0.15) is 50.3 Å². The lowest BCUT2D eigenvalue weighted by molar-refractivity contribution is 0.180. The van der Waals surface area contributed by atoms with Crippen molar-refractivity contribution in [3.8, 4) is 5.75 Å². The highest BCUT2D eigenvalue weighted by Gasteiger charge is 2.20. The van der Waals surface area contributed by atoms with E-state index in [1.807, 2.05) is 12.1 Å². The van der Waals surface area contributed by atoms with Crippen LogP contribution < -0.4 is 4.74 Å². The first-order valence-electron chi connectivity index (χ1n) is 6.68. The van der Waals surface area contributed by atoms with E-state index in [2.05, 4.69) is 19.9 Å². The summed E-state index contributed by atoms with van der Waals surface area (Å²) >= 11 is 0. The minimum atomic E-state index is -0.266. The Morgan fingerprint density at radius 3 is 2.82 bits per heavy atom. The number of hydrogen-bond acceptors (Lipinski definition) is 2. The van der Waals surface area contributed by atoms with Crippen molar-refractivity contribution < 1.29 is 9.84 Å². The second-order valence-electron chi connectivity index (χ2n) is 4.91. The van der Waals surface area contributed by atoms with E-state index in [4.69, 9.17) is 4.74 Å². The number of aryl methyl sites for hydroxylation is 1. The molecule has 1 N–H and O–H groups in total. The lowest BCUT2D eigenvalue weighted by atomic mass is 10.1. The third kappa shape index (κ3) is 2.81. The van der Waals surface area contributed by atoms with Crippen LogP contribution in [0.2, 0.25) is 0 Å². The summed E-state index contributed by atoms with van der Waals surface area (Å²) in [5, 5.41) is 9.73. The first kappa shape index (κ1) is 12.4. The van der Waals surface area contributed by atoms with E-state index in [0.717, 1.165) is 30.8 Å². The van der Waals surface area contributed by atoms with Gasteiger partial charge in [0.2, 0.25) is 0 Å². The quantitative estimate of drug-likeness (QED) is 0.845. The molecule has 1 aliphatic carbocycles. The van der Waals surface area contributed by atoms with Gasteiger partial charge >= 0.3 is 0 Å². The molecule has 1 aromatic rings. The number of benzene rings is 1. The zero-order valence-corrected chi connectivity index (χ0v) is 10.8. The van der Waals surface area contributed by atoms with Crippen molar-refractivity contribution in [1.82, 2.24) is 0 Å². The molecule has 17 heavy (non-hydrogen) atoms. The molecule has 0 amide bonds. The number of rotatable bonds is 5. The Labute approximate surface area is 104 Å². The molecule has 2 rings (SSSR count). The number of aliphatic hydroxyl groups excluding tert-OH is 1. The van der Waals surface area contributed by atoms with E-state index >= 15 is 0 Å². The fraction of sp³-hybridized carbons (Fsp3) is 0.600. The second-order valence-corrected chi connectivity index (χ2v) is 4.91. The van der Waals surface area contributed by atoms with Gasteiger partial charge in [0, 0.05) is 0 Å². The van der Waals surface area contributed by atoms with Crippen LogP contribution in [0, 0.1) is 5.92 Å². The van der Waals surface area contributed by atoms with Crippen molar-refractivity contribution in [2.75, 3.05) is 6.61 Å². The lowest BCUT2D eigenvalue weighted by Gasteiger charge is -2.14. The fourth-order valence-corrected chi connectivity index (χ4v) is 2.40. The zero-order chi connectivity index (χ0) is 12.3. The van der Waals surface area contributed by atoms with Gasteiger partial charge < -0.3 is 9.84 Å². The van der Waals surface area contributed by atoms with Crippen LogP contribution in [0.3, 0.4) is 0 Å². The predicted molar refractivity (Wildman–Crippen MR) is 69.3 cm³/mol. The molecule has 0 bridgehead atoms. The minimum absolute atomic E-state index is 0.266. The summed E-state index contributed by atoms with van der Waals surface area (Å²) in [5.41, 5.74) is 2.33. The lowest BCUT2D eigenvalue weighted by Crippen LogP contribution is -2.10. The maximum Gasteiger partial charge on any atom is 0.119 e. The standard InChI is InChI=1S/C15H22O2/c1-3-11(4-2)10-17-13-6-7-14-12(9-13)5-8-15(14)16/h6-7,9,11,15-16H,3-5,8,10H2,1-2H3/t15-/m1/s1. The molecule has 1 aromatic carbocycles. The molecule has 0 heterocycles. The van der Waals surface area contributed by atoms with Gasteiger partial charge in [-0.1, -0.05) is 32.8 Å². The van der Waals surface area contributed by atoms with Crippen LogP contribution in [0.4, 0.5) is 0 Å². The third-order valence-corrected chi connectivity index (χ3v) is 3.80. The van der Waals surface area contributed by atoms with Crippen LogP contribution in [0.15, 0.2) is 18.2 Å². The number of hydrogen-bond donors (Lipinski definition) is 1. The highest BCUT2D eigenvalue weighted by Crippen LogP contribution is 2.33. The molecule has 0 unspecified atom stereocenters. The van der Waals surface area contributed by atoms with Crippen LogP contribution in [0.25, 0.3) is 0 Å². The average molecular weight is 234 g/mol. The Hall–Kier alpha value is -1.02. The Morgan fingerprint density at radius 2 is 2.12 bits per heavy atom. The van der Waals surface area contributed by atoms with Gasteiger partial charge in [-0.25, -0.2) is 0 Å². The fourth-order valence-electron chi connectivity index (χ4n) is 2.40. The molecule has 0 aliphatic heterocycles. The molecule has 0 saturated heterocycles. The van der Waals surface area contributed by atoms with Crippen LogP contribution in [0.5, 0.6) is 5.75 Å². The highest BCUT2D eigenvalue weighted by molar-refractivity contribution is 5.39. The van der Waals surface area contributed by atoms with E-state index in [1.54, 1.807) is 0 Å². The van der Waals surface area contributed by atoms with Crippen molar-refractivity contribution >= 4 is 0 Å². The normalized spacial score (nSPS) is 18.5. The molecular formula is C15H22O2. The molecule has 94 valence electrons. The Bertz CT molecular complexity index is 369. The summed E-state index contributed by atoms with van der Waals surface area (Å²) in [7, 11) is 0. The molecule has 1 atom stereocenters. The summed E-state index contributed by atoms with van der Waals surface area (Å²) in [4.78, 5) is 0. The van der Waals surface area contributed by atoms with E-state index in [9.17, 15) is 5.11 Å². The van der Waals surface area contributed by atoms with Gasteiger partial charge in [0.25, 0.3) is 0 Å². The Balaban J connectivity index is 1.99. The largest absolute Gasteiger partial charge is 0.493 e. The molecule has 0 fully saturated rings. The van der Waals surface area contributed by atoms with Gasteiger partial charge in [0.15, 0.2) is 0 Å². The van der Waals surface area contributed by atoms with Crippen molar-refractivity contribution in [1.29, 1.82) is 0 Å². The number of aliphatic hydroxyl groups is 1. The third-order valence-electron chi connectivity index (χ3n) is 3.80. The van der Waals surface area contributed by atoms with Gasteiger partial charge in [-0.2, -0.15) is 0 Å². The maximum atomic E-state index is 9.73. The average Bonchev–Trinajstić information content (AvgIpc) is 2.72. The topological polar surface area (TPSA) is 29.5 Å². The molecular weight excluding hydrogens is 212 g/mol. The van der Waals surface area contributed by atoms with E-state index in [0.29, 0.717) is 5.92 Å². The summed E-state index contributed by atoms with van der Waals surface area (Å²) in [5.74, 6) is 1.60. The smallest absolute Gasteiger partial charge is 0.119 e. The summed E-state index contributed by atoms with van der Waals surface area (Å²) in [6, 6.07) is 6.08. The van der Waals surface area contributed by atoms with Gasteiger partial charge in [-0.15, -0.1) is 0 Å². The summed E-state index contributed by atoms with van der Waals surface area (Å²) in [6.07, 6.45) is 3.89. The predicted octanol–water partition coefficient (Wildman–Crippen LogP) is 3.48. The molecule has 1 aliphatic rings. The molecule has 0 saturated carbocycles. The van der Waals surface area contributed by atoms with Crippen molar-refractivity contribution in [3.63, 3.8) is 0 Å². The van der Waals surface area contributed by atoms with Crippen LogP contribution in [-0.4, -0.2) is 11.7 Å². The Kier molecular flexibility index (Phi) is 4.06. The summed E-state index contributed by atoms with van der Waals surface area (Å²) in [6.45, 7) is 5.21. The number of fused-ring (bicyclic) bond motifs is 1. The molecule has 0 spiro atoms. The minimum Gasteiger partial charge on any atom is -0.493 e. The van der Waals surface area contributed by atoms with Gasteiger partial charge in [-0.05, 0) is 42.0 Å². The van der Waals surface area contributed by atoms with Crippen molar-refractivity contribution in [3.05, 3.63) is 29.3 Å². The number of ether oxygens (including phenoxy) is 1. The molecule has 0 radical (unpaired) electrons. The monoisotopic (exact) mass is 234 g/mol. The summed E-state index contributed by atoms with van der Waals surface area (Å²) < 4.78 is 5.83. The first-order chi connectivity index (χ1) is 8.24. The maximum absolute atomic E-state index is 9.73. The Morgan fingerprint density at radius 1 is 1.35 bits per heavy atom. The van der Waals surface area contributed by atoms with E-state index in [-0.39, 0.29) is 6.10 Å². The first-order valence-corrected chi connectivity index (χ1v) is 6.68. The van der Waals surface area contributed by atoms with Gasteiger partial charge in [0.1, 0.15) is 5.75 Å². The van der Waals surface area contributed by atoms with E-state index in [1.165, 1.54) is 18.4 Å². The highest BCUT2D eigenvalue weighted by atomic mass is 16.5. The molecule has 2 nitrogen and oxygen atoms in total. The van der Waals surface area contributed by atoms with Gasteiger partial charge in [-0.3, -0.25) is 0 Å². The second kappa shape index (κ2) is 5.54. The SMILES string of the molecule is CCC(CC)COc1ccc2c(c1)CC[C@H]2O. The van der Waals surface area contributed by atoms with Crippen molar-refractivity contribution in [2.24, 2.45) is 5.92 Å². The van der Waals surface area contributed by atoms with E-state index < -0.39 is 0 Å². The van der Waals surface area contributed by atoms with Crippen LogP contribution in [-0.2, 0) is 6.42 Å². The van der Waals surface area contributed by atoms with Crippen LogP contribution >= 0.6 is 0 Å². The van der Waals surface area contributed by atoms with Gasteiger partial charge in [0.05, 0.1) is 12.7 Å². The zero-order valence-electron chi connectivity index (χ0n) is 10.8. The molecule has 0 aromatic heterocycles.